The predicted molar refractivity (Wildman–Crippen MR) is 154 cm³/mol. The van der Waals surface area contributed by atoms with Gasteiger partial charge in [-0.3, -0.25) is 9.88 Å². The number of aromatic nitrogens is 4. The fourth-order valence-electron chi connectivity index (χ4n) is 4.88. The molecule has 1 aromatic carbocycles. The molecular formula is C29H35N7O6. The number of esters is 1. The van der Waals surface area contributed by atoms with Crippen LogP contribution in [0.2, 0.25) is 0 Å². The Morgan fingerprint density at radius 2 is 1.88 bits per heavy atom. The van der Waals surface area contributed by atoms with Crippen LogP contribution >= 0.6 is 0 Å². The number of nitrogens with one attached hydrogen (secondary N) is 3. The van der Waals surface area contributed by atoms with Gasteiger partial charge in [-0.15, -0.1) is 0 Å². The third kappa shape index (κ3) is 6.82. The first-order chi connectivity index (χ1) is 20.5. The van der Waals surface area contributed by atoms with Crippen molar-refractivity contribution in [1.29, 1.82) is 0 Å². The number of carbonyl (C=O) groups excluding carboxylic acids is 2. The van der Waals surface area contributed by atoms with Gasteiger partial charge in [0.05, 0.1) is 12.9 Å². The van der Waals surface area contributed by atoms with Gasteiger partial charge < -0.3 is 29.6 Å². The van der Waals surface area contributed by atoms with E-state index in [2.05, 4.69) is 30.9 Å². The van der Waals surface area contributed by atoms with Crippen molar-refractivity contribution in [1.82, 2.24) is 30.2 Å². The van der Waals surface area contributed by atoms with Crippen LogP contribution in [-0.4, -0.2) is 82.4 Å². The van der Waals surface area contributed by atoms with Crippen LogP contribution in [0.4, 0.5) is 10.6 Å². The van der Waals surface area contributed by atoms with E-state index in [1.807, 2.05) is 56.3 Å². The molecule has 4 heterocycles. The zero-order chi connectivity index (χ0) is 29.5. The maximum atomic E-state index is 12.1. The fraction of sp³-hybridized carbons (Fsp3) is 0.414. The highest BCUT2D eigenvalue weighted by atomic mass is 16.8. The summed E-state index contributed by atoms with van der Waals surface area (Å²) >= 11 is 0. The van der Waals surface area contributed by atoms with Crippen LogP contribution in [0.1, 0.15) is 32.6 Å². The molecule has 5 atom stereocenters. The predicted octanol–water partition coefficient (Wildman–Crippen LogP) is 2.79. The molecule has 42 heavy (non-hydrogen) atoms. The third-order valence-electron chi connectivity index (χ3n) is 6.72. The van der Waals surface area contributed by atoms with E-state index in [0.29, 0.717) is 37.4 Å². The molecule has 0 aliphatic carbocycles. The van der Waals surface area contributed by atoms with Crippen molar-refractivity contribution >= 4 is 35.1 Å². The molecule has 2 aromatic heterocycles. The Balaban J connectivity index is 1.35. The Hall–Kier alpha value is -4.17. The molecule has 0 saturated carbocycles. The minimum atomic E-state index is -0.606. The van der Waals surface area contributed by atoms with E-state index in [0.717, 1.165) is 11.1 Å². The van der Waals surface area contributed by atoms with Gasteiger partial charge in [-0.05, 0) is 32.4 Å². The van der Waals surface area contributed by atoms with E-state index in [1.165, 1.54) is 12.4 Å². The van der Waals surface area contributed by atoms with Gasteiger partial charge in [0.15, 0.2) is 29.5 Å². The average Bonchev–Trinajstić information content (AvgIpc) is 3.67. The summed E-state index contributed by atoms with van der Waals surface area (Å²) in [5.74, 6) is -0.0850. The molecule has 13 heteroatoms. The second kappa shape index (κ2) is 13.7. The second-order valence-electron chi connectivity index (χ2n) is 9.81. The number of fused-ring (bicyclic) bond motifs is 2. The molecule has 3 aromatic rings. The summed E-state index contributed by atoms with van der Waals surface area (Å²) < 4.78 is 25.9. The maximum absolute atomic E-state index is 12.1. The standard InChI is InChI=1S/C29H35N7O6/c1-4-31-29(38)35-26-23-27(33-16-32-26)36(17-34-23)28-25-24(41-22(42-25)12-11-19-9-7-6-8-10-19)20(40-28)15-30-14-18(3)13-21(37)39-5-2/h6-13,16-17,20,22,24-25,28,30H,4-5,14-15H2,1-3H3,(H2,31,32,33,35,38)/b12-11+,18-13+/t20-,22+,24-,25-,28-/m1/s1. The smallest absolute Gasteiger partial charge is 0.330 e. The number of urea groups is 1. The quantitative estimate of drug-likeness (QED) is 0.229. The highest BCUT2D eigenvalue weighted by molar-refractivity contribution is 5.95. The Kier molecular flexibility index (Phi) is 9.54. The topological polar surface area (TPSA) is 151 Å². The summed E-state index contributed by atoms with van der Waals surface area (Å²) in [6.45, 7) is 7.15. The van der Waals surface area contributed by atoms with Crippen molar-refractivity contribution in [3.05, 3.63) is 66.3 Å². The number of imidazole rings is 1. The van der Waals surface area contributed by atoms with Gasteiger partial charge in [-0.25, -0.2) is 24.5 Å². The molecule has 0 radical (unpaired) electrons. The molecule has 0 spiro atoms. The maximum Gasteiger partial charge on any atom is 0.330 e. The van der Waals surface area contributed by atoms with Crippen LogP contribution < -0.4 is 16.0 Å². The molecular weight excluding hydrogens is 542 g/mol. The SMILES string of the molecule is CCNC(=O)Nc1ncnc2c1ncn2[C@@H]1O[C@H](CNC/C(C)=C/C(=O)OCC)[C@H]2O[C@H](/C=C/c3ccccc3)O[C@H]21. The van der Waals surface area contributed by atoms with Crippen LogP contribution in [-0.2, 0) is 23.7 Å². The minimum absolute atomic E-state index is 0.286. The minimum Gasteiger partial charge on any atom is -0.463 e. The highest BCUT2D eigenvalue weighted by Gasteiger charge is 2.53. The Morgan fingerprint density at radius 1 is 1.07 bits per heavy atom. The highest BCUT2D eigenvalue weighted by Crippen LogP contribution is 2.41. The number of hydrogen-bond donors (Lipinski definition) is 3. The summed E-state index contributed by atoms with van der Waals surface area (Å²) in [5.41, 5.74) is 2.76. The van der Waals surface area contributed by atoms with Crippen molar-refractivity contribution < 1.29 is 28.5 Å². The van der Waals surface area contributed by atoms with Crippen molar-refractivity contribution in [2.24, 2.45) is 0 Å². The molecule has 0 bridgehead atoms. The lowest BCUT2D eigenvalue weighted by molar-refractivity contribution is -0.137. The van der Waals surface area contributed by atoms with E-state index in [1.54, 1.807) is 17.8 Å². The lowest BCUT2D eigenvalue weighted by Gasteiger charge is -2.20. The fourth-order valence-corrected chi connectivity index (χ4v) is 4.88. The van der Waals surface area contributed by atoms with E-state index >= 15 is 0 Å². The summed E-state index contributed by atoms with van der Waals surface area (Å²) in [6.07, 6.45) is 5.84. The Morgan fingerprint density at radius 3 is 2.67 bits per heavy atom. The summed E-state index contributed by atoms with van der Waals surface area (Å²) in [5, 5.41) is 8.74. The molecule has 2 aliphatic rings. The van der Waals surface area contributed by atoms with Gasteiger partial charge in [0, 0.05) is 25.7 Å². The lowest BCUT2D eigenvalue weighted by Crippen LogP contribution is -2.37. The number of amides is 2. The van der Waals surface area contributed by atoms with Crippen LogP contribution in [0.3, 0.4) is 0 Å². The van der Waals surface area contributed by atoms with Crippen LogP contribution in [0.25, 0.3) is 17.2 Å². The van der Waals surface area contributed by atoms with Gasteiger partial charge >= 0.3 is 12.0 Å². The first kappa shape index (κ1) is 29.3. The molecule has 13 nitrogen and oxygen atoms in total. The molecule has 2 fully saturated rings. The summed E-state index contributed by atoms with van der Waals surface area (Å²) in [4.78, 5) is 37.0. The van der Waals surface area contributed by atoms with Crippen molar-refractivity contribution in [3.8, 4) is 0 Å². The van der Waals surface area contributed by atoms with Gasteiger partial charge in [0.1, 0.15) is 24.6 Å². The average molecular weight is 578 g/mol. The van der Waals surface area contributed by atoms with Gasteiger partial charge in [0.2, 0.25) is 0 Å². The number of rotatable bonds is 11. The van der Waals surface area contributed by atoms with Crippen molar-refractivity contribution in [3.63, 3.8) is 0 Å². The van der Waals surface area contributed by atoms with Gasteiger partial charge in [-0.1, -0.05) is 42.0 Å². The molecule has 2 amide bonds. The number of benzene rings is 1. The number of ether oxygens (including phenoxy) is 4. The van der Waals surface area contributed by atoms with Crippen molar-refractivity contribution in [2.75, 3.05) is 31.6 Å². The lowest BCUT2D eigenvalue weighted by atomic mass is 10.1. The first-order valence-electron chi connectivity index (χ1n) is 13.9. The van der Waals surface area contributed by atoms with Crippen LogP contribution in [0.5, 0.6) is 0 Å². The number of carbonyl (C=O) groups is 2. The third-order valence-corrected chi connectivity index (χ3v) is 6.72. The number of nitrogens with zero attached hydrogens (tertiary/aromatic N) is 4. The van der Waals surface area contributed by atoms with E-state index in [-0.39, 0.29) is 23.9 Å². The Labute approximate surface area is 243 Å². The molecule has 3 N–H and O–H groups in total. The summed E-state index contributed by atoms with van der Waals surface area (Å²) in [7, 11) is 0. The van der Waals surface area contributed by atoms with Crippen LogP contribution in [0.15, 0.2) is 60.7 Å². The first-order valence-corrected chi connectivity index (χ1v) is 13.9. The molecule has 2 saturated heterocycles. The Bertz CT molecular complexity index is 1440. The van der Waals surface area contributed by atoms with Crippen molar-refractivity contribution in [2.45, 2.75) is 51.6 Å². The molecule has 222 valence electrons. The largest absolute Gasteiger partial charge is 0.463 e. The normalized spacial score (nSPS) is 23.8. The monoisotopic (exact) mass is 577 g/mol. The molecule has 5 rings (SSSR count). The van der Waals surface area contributed by atoms with Crippen LogP contribution in [0, 0.1) is 0 Å². The zero-order valence-electron chi connectivity index (χ0n) is 23.7. The molecule has 2 aliphatic heterocycles. The van der Waals surface area contributed by atoms with E-state index in [9.17, 15) is 9.59 Å². The van der Waals surface area contributed by atoms with E-state index < -0.39 is 24.7 Å². The van der Waals surface area contributed by atoms with E-state index in [4.69, 9.17) is 18.9 Å². The number of anilines is 1. The van der Waals surface area contributed by atoms with Gasteiger partial charge in [0.25, 0.3) is 0 Å². The summed E-state index contributed by atoms with van der Waals surface area (Å²) in [6, 6.07) is 9.51. The molecule has 0 unspecified atom stereocenters. The zero-order valence-corrected chi connectivity index (χ0v) is 23.7. The number of hydrogen-bond acceptors (Lipinski definition) is 10. The second-order valence-corrected chi connectivity index (χ2v) is 9.81. The van der Waals surface area contributed by atoms with Gasteiger partial charge in [-0.2, -0.15) is 0 Å².